The predicted molar refractivity (Wildman–Crippen MR) is 74.6 cm³/mol. The fraction of sp³-hybridized carbons (Fsp3) is 0.125. The molecule has 1 unspecified atom stereocenters. The normalized spacial score (nSPS) is 19.2. The zero-order valence-corrected chi connectivity index (χ0v) is 10.9. The number of benzene rings is 2. The molecule has 4 nitrogen and oxygen atoms in total. The van der Waals surface area contributed by atoms with Gasteiger partial charge in [-0.15, -0.1) is 0 Å². The van der Waals surface area contributed by atoms with E-state index in [0.29, 0.717) is 16.8 Å². The van der Waals surface area contributed by atoms with Gasteiger partial charge in [-0.2, -0.15) is 0 Å². The number of nitrogens with zero attached hydrogens (tertiary/aromatic N) is 1. The minimum absolute atomic E-state index is 0.0545. The Bertz CT molecular complexity index is 767. The monoisotopic (exact) mass is 264 g/mol. The Balaban J connectivity index is 1.96. The van der Waals surface area contributed by atoms with Crippen LogP contribution in [0.15, 0.2) is 42.5 Å². The third-order valence-electron chi connectivity index (χ3n) is 3.89. The number of hydrogen-bond acceptors (Lipinski definition) is 2. The summed E-state index contributed by atoms with van der Waals surface area (Å²) in [5.74, 6) is -0.191. The van der Waals surface area contributed by atoms with Gasteiger partial charge in [0.25, 0.3) is 11.8 Å². The number of carbonyl (C=O) groups is 2. The number of anilines is 1. The van der Waals surface area contributed by atoms with E-state index in [9.17, 15) is 9.59 Å². The standard InChI is InChI=1S/C16H12N2O2/c1-9-6-7-10-12(8-9)16(20)18-13-5-3-2-4-11(13)15(19)17-14(10)18/h2-8,14H,1H3,(H,17,19). The van der Waals surface area contributed by atoms with Crippen molar-refractivity contribution in [3.63, 3.8) is 0 Å². The van der Waals surface area contributed by atoms with Gasteiger partial charge in [-0.05, 0) is 25.1 Å². The Morgan fingerprint density at radius 1 is 1.05 bits per heavy atom. The van der Waals surface area contributed by atoms with Gasteiger partial charge < -0.3 is 5.32 Å². The number of rotatable bonds is 0. The van der Waals surface area contributed by atoms with Gasteiger partial charge in [0.2, 0.25) is 0 Å². The average Bonchev–Trinajstić information content (AvgIpc) is 2.72. The number of fused-ring (bicyclic) bond motifs is 5. The molecule has 1 atom stereocenters. The lowest BCUT2D eigenvalue weighted by Gasteiger charge is -2.32. The first-order valence-corrected chi connectivity index (χ1v) is 6.51. The van der Waals surface area contributed by atoms with Gasteiger partial charge >= 0.3 is 0 Å². The summed E-state index contributed by atoms with van der Waals surface area (Å²) >= 11 is 0. The number of aryl methyl sites for hydroxylation is 1. The van der Waals surface area contributed by atoms with Gasteiger partial charge in [0.05, 0.1) is 11.3 Å². The first kappa shape index (κ1) is 11.2. The van der Waals surface area contributed by atoms with Crippen molar-refractivity contribution in [1.29, 1.82) is 0 Å². The highest BCUT2D eigenvalue weighted by Crippen LogP contribution is 2.40. The van der Waals surface area contributed by atoms with Gasteiger partial charge in [0.1, 0.15) is 6.17 Å². The van der Waals surface area contributed by atoms with E-state index >= 15 is 0 Å². The molecule has 0 saturated heterocycles. The summed E-state index contributed by atoms with van der Waals surface area (Å²) in [5.41, 5.74) is 3.80. The fourth-order valence-corrected chi connectivity index (χ4v) is 2.95. The van der Waals surface area contributed by atoms with Crippen LogP contribution < -0.4 is 10.2 Å². The van der Waals surface area contributed by atoms with Crippen LogP contribution in [0.3, 0.4) is 0 Å². The maximum Gasteiger partial charge on any atom is 0.260 e. The van der Waals surface area contributed by atoms with Crippen LogP contribution in [0.2, 0.25) is 0 Å². The SMILES string of the molecule is Cc1ccc2c(c1)C(=O)N1c3ccccc3C(=O)NC21. The zero-order chi connectivity index (χ0) is 13.9. The van der Waals surface area contributed by atoms with E-state index in [-0.39, 0.29) is 18.0 Å². The molecule has 0 aromatic heterocycles. The zero-order valence-electron chi connectivity index (χ0n) is 10.9. The summed E-state index contributed by atoms with van der Waals surface area (Å²) in [4.78, 5) is 26.5. The summed E-state index contributed by atoms with van der Waals surface area (Å²) in [6.45, 7) is 1.96. The maximum atomic E-state index is 12.6. The van der Waals surface area contributed by atoms with Crippen LogP contribution in [0.4, 0.5) is 5.69 Å². The van der Waals surface area contributed by atoms with Crippen LogP contribution >= 0.6 is 0 Å². The molecular weight excluding hydrogens is 252 g/mol. The van der Waals surface area contributed by atoms with Crippen LogP contribution in [-0.4, -0.2) is 11.8 Å². The van der Waals surface area contributed by atoms with Crippen molar-refractivity contribution in [2.75, 3.05) is 4.90 Å². The van der Waals surface area contributed by atoms with Crippen LogP contribution in [0.25, 0.3) is 0 Å². The number of nitrogens with one attached hydrogen (secondary N) is 1. The Morgan fingerprint density at radius 2 is 1.85 bits per heavy atom. The van der Waals surface area contributed by atoms with E-state index < -0.39 is 0 Å². The Labute approximate surface area is 116 Å². The molecule has 2 aromatic rings. The molecule has 2 aliphatic rings. The lowest BCUT2D eigenvalue weighted by atomic mass is 10.0. The van der Waals surface area contributed by atoms with E-state index in [0.717, 1.165) is 11.1 Å². The van der Waals surface area contributed by atoms with E-state index in [1.54, 1.807) is 17.0 Å². The third-order valence-corrected chi connectivity index (χ3v) is 3.89. The van der Waals surface area contributed by atoms with Crippen LogP contribution in [0.1, 0.15) is 38.0 Å². The lowest BCUT2D eigenvalue weighted by molar-refractivity contribution is 0.0912. The molecule has 2 amide bonds. The fourth-order valence-electron chi connectivity index (χ4n) is 2.95. The summed E-state index contributed by atoms with van der Waals surface area (Å²) in [7, 11) is 0. The molecule has 0 fully saturated rings. The molecule has 2 heterocycles. The van der Waals surface area contributed by atoms with E-state index in [2.05, 4.69) is 5.32 Å². The molecule has 1 N–H and O–H groups in total. The second-order valence-electron chi connectivity index (χ2n) is 5.16. The van der Waals surface area contributed by atoms with Crippen LogP contribution in [0.5, 0.6) is 0 Å². The number of hydrogen-bond donors (Lipinski definition) is 1. The highest BCUT2D eigenvalue weighted by molar-refractivity contribution is 6.16. The minimum atomic E-state index is -0.388. The lowest BCUT2D eigenvalue weighted by Crippen LogP contribution is -2.45. The highest BCUT2D eigenvalue weighted by atomic mass is 16.2. The second kappa shape index (κ2) is 3.70. The quantitative estimate of drug-likeness (QED) is 0.794. The molecule has 4 rings (SSSR count). The molecule has 2 aromatic carbocycles. The summed E-state index contributed by atoms with van der Waals surface area (Å²) in [6, 6.07) is 13.0. The second-order valence-corrected chi connectivity index (χ2v) is 5.16. The molecule has 98 valence electrons. The Kier molecular flexibility index (Phi) is 2.07. The maximum absolute atomic E-state index is 12.6. The van der Waals surface area contributed by atoms with Crippen molar-refractivity contribution in [1.82, 2.24) is 5.32 Å². The van der Waals surface area contributed by atoms with Crippen molar-refractivity contribution >= 4 is 17.5 Å². The third kappa shape index (κ3) is 1.30. The molecule has 0 aliphatic carbocycles. The number of carbonyl (C=O) groups excluding carboxylic acids is 2. The van der Waals surface area contributed by atoms with Crippen LogP contribution in [0, 0.1) is 6.92 Å². The topological polar surface area (TPSA) is 49.4 Å². The smallest absolute Gasteiger partial charge is 0.260 e. The van der Waals surface area contributed by atoms with Crippen molar-refractivity contribution in [3.8, 4) is 0 Å². The average molecular weight is 264 g/mol. The van der Waals surface area contributed by atoms with Crippen molar-refractivity contribution in [2.45, 2.75) is 13.1 Å². The molecule has 0 bridgehead atoms. The number of amides is 2. The van der Waals surface area contributed by atoms with E-state index in [1.165, 1.54) is 0 Å². The number of para-hydroxylation sites is 1. The summed E-state index contributed by atoms with van der Waals surface area (Å²) in [6.07, 6.45) is -0.388. The van der Waals surface area contributed by atoms with Gasteiger partial charge in [-0.1, -0.05) is 29.8 Å². The first-order valence-electron chi connectivity index (χ1n) is 6.51. The Morgan fingerprint density at radius 3 is 2.70 bits per heavy atom. The molecule has 2 aliphatic heterocycles. The summed E-state index contributed by atoms with van der Waals surface area (Å²) < 4.78 is 0. The Hall–Kier alpha value is -2.62. The molecule has 20 heavy (non-hydrogen) atoms. The summed E-state index contributed by atoms with van der Waals surface area (Å²) in [5, 5.41) is 2.91. The largest absolute Gasteiger partial charge is 0.327 e. The molecular formula is C16H12N2O2. The highest BCUT2D eigenvalue weighted by Gasteiger charge is 2.43. The molecule has 0 saturated carbocycles. The van der Waals surface area contributed by atoms with Gasteiger partial charge in [-0.25, -0.2) is 0 Å². The molecule has 0 spiro atoms. The molecule has 0 radical (unpaired) electrons. The van der Waals surface area contributed by atoms with Crippen molar-refractivity contribution in [3.05, 3.63) is 64.7 Å². The van der Waals surface area contributed by atoms with Crippen LogP contribution in [-0.2, 0) is 0 Å². The van der Waals surface area contributed by atoms with Gasteiger partial charge in [0.15, 0.2) is 0 Å². The first-order chi connectivity index (χ1) is 9.66. The van der Waals surface area contributed by atoms with E-state index in [4.69, 9.17) is 0 Å². The van der Waals surface area contributed by atoms with Gasteiger partial charge in [0, 0.05) is 11.1 Å². The van der Waals surface area contributed by atoms with Crippen molar-refractivity contribution < 1.29 is 9.59 Å². The predicted octanol–water partition coefficient (Wildman–Crippen LogP) is 2.40. The van der Waals surface area contributed by atoms with Gasteiger partial charge in [-0.3, -0.25) is 14.5 Å². The van der Waals surface area contributed by atoms with Crippen molar-refractivity contribution in [2.24, 2.45) is 0 Å². The van der Waals surface area contributed by atoms with E-state index in [1.807, 2.05) is 37.3 Å². The minimum Gasteiger partial charge on any atom is -0.327 e. The molecule has 4 heteroatoms.